The summed E-state index contributed by atoms with van der Waals surface area (Å²) in [4.78, 5) is 38.1. The van der Waals surface area contributed by atoms with Gasteiger partial charge in [0.25, 0.3) is 0 Å². The van der Waals surface area contributed by atoms with E-state index in [1.165, 1.54) is 135 Å². The third-order valence-corrected chi connectivity index (χ3v) is 14.7. The van der Waals surface area contributed by atoms with Crippen molar-refractivity contribution in [3.8, 4) is 0 Å². The van der Waals surface area contributed by atoms with Crippen LogP contribution in [0.2, 0.25) is 0 Å². The number of nitrogens with zero attached hydrogens (tertiary/aromatic N) is 1. The van der Waals surface area contributed by atoms with Crippen LogP contribution in [-0.4, -0.2) is 109 Å². The predicted molar refractivity (Wildman–Crippen MR) is 338 cm³/mol. The molecular weight excluding hydrogens is 1030 g/mol. The van der Waals surface area contributed by atoms with E-state index in [9.17, 15) is 14.4 Å². The van der Waals surface area contributed by atoms with Crippen LogP contribution >= 0.6 is 0 Å². The van der Waals surface area contributed by atoms with Crippen LogP contribution in [0.3, 0.4) is 0 Å². The highest BCUT2D eigenvalue weighted by Crippen LogP contribution is 2.23. The molecule has 472 valence electrons. The first-order valence-electron chi connectivity index (χ1n) is 33.0. The van der Waals surface area contributed by atoms with Gasteiger partial charge in [-0.3, -0.25) is 14.4 Å². The van der Waals surface area contributed by atoms with Crippen LogP contribution in [0.15, 0.2) is 72.9 Å². The van der Waals surface area contributed by atoms with Gasteiger partial charge >= 0.3 is 17.9 Å². The molecular formula is C70H126ClNO9. The zero-order chi connectivity index (χ0) is 58.4. The molecule has 0 amide bonds. The molecule has 10 nitrogen and oxygen atoms in total. The first-order valence-corrected chi connectivity index (χ1v) is 33.0. The van der Waals surface area contributed by atoms with E-state index in [-0.39, 0.29) is 89.2 Å². The monoisotopic (exact) mass is 1160 g/mol. The second kappa shape index (κ2) is 63.0. The molecule has 0 saturated carbocycles. The van der Waals surface area contributed by atoms with Gasteiger partial charge in [-0.25, -0.2) is 0 Å². The molecule has 0 atom stereocenters. The first-order chi connectivity index (χ1) is 39.1. The Kier molecular flexibility index (Phi) is 62.3. The minimum Gasteiger partial charge on any atom is -1.00 e. The highest BCUT2D eigenvalue weighted by atomic mass is 35.5. The summed E-state index contributed by atoms with van der Waals surface area (Å²) < 4.78 is 35.7. The Morgan fingerprint density at radius 1 is 0.309 bits per heavy atom. The molecule has 0 radical (unpaired) electrons. The van der Waals surface area contributed by atoms with Crippen LogP contribution in [0.25, 0.3) is 0 Å². The molecule has 0 saturated heterocycles. The third kappa shape index (κ3) is 57.2. The molecule has 0 heterocycles. The van der Waals surface area contributed by atoms with Gasteiger partial charge in [0.1, 0.15) is 19.8 Å². The number of unbranched alkanes of at least 4 members (excludes halogenated alkanes) is 27. The Labute approximate surface area is 505 Å². The van der Waals surface area contributed by atoms with E-state index in [4.69, 9.17) is 28.4 Å². The number of esters is 3. The third-order valence-electron chi connectivity index (χ3n) is 14.7. The lowest BCUT2D eigenvalue weighted by molar-refractivity contribution is -0.926. The Balaban J connectivity index is 0. The van der Waals surface area contributed by atoms with E-state index < -0.39 is 5.54 Å². The summed E-state index contributed by atoms with van der Waals surface area (Å²) in [6, 6.07) is 0. The molecule has 0 aliphatic rings. The van der Waals surface area contributed by atoms with Crippen molar-refractivity contribution in [3.05, 3.63) is 72.9 Å². The molecule has 0 rings (SSSR count). The minimum absolute atomic E-state index is 0. The van der Waals surface area contributed by atoms with E-state index in [1.54, 1.807) is 0 Å². The first kappa shape index (κ1) is 80.0. The maximum absolute atomic E-state index is 12.7. The molecule has 0 aliphatic heterocycles. The fourth-order valence-electron chi connectivity index (χ4n) is 9.00. The van der Waals surface area contributed by atoms with Gasteiger partial charge in [-0.2, -0.15) is 0 Å². The number of hydrogen-bond donors (Lipinski definition) is 0. The minimum atomic E-state index is -0.693. The molecule has 0 aromatic rings. The molecule has 0 aromatic heterocycles. The summed E-state index contributed by atoms with van der Waals surface area (Å²) in [5.41, 5.74) is -0.693. The van der Waals surface area contributed by atoms with E-state index >= 15 is 0 Å². The average Bonchev–Trinajstić information content (AvgIpc) is 3.47. The fraction of sp³-hybridized carbons (Fsp3) is 0.786. The molecule has 0 spiro atoms. The number of allylic oxidation sites excluding steroid dienone is 12. The van der Waals surface area contributed by atoms with E-state index in [0.717, 1.165) is 96.3 Å². The van der Waals surface area contributed by atoms with Gasteiger partial charge in [0.2, 0.25) is 0 Å². The average molecular weight is 1160 g/mol. The zero-order valence-electron chi connectivity index (χ0n) is 53.4. The van der Waals surface area contributed by atoms with Crippen LogP contribution in [0, 0.1) is 0 Å². The lowest BCUT2D eigenvalue weighted by Gasteiger charge is -2.45. The van der Waals surface area contributed by atoms with Gasteiger partial charge in [0.15, 0.2) is 5.54 Å². The van der Waals surface area contributed by atoms with Crippen molar-refractivity contribution in [1.82, 2.24) is 0 Å². The maximum Gasteiger partial charge on any atom is 0.308 e. The molecule has 11 heteroatoms. The van der Waals surface area contributed by atoms with Gasteiger partial charge in [-0.15, -0.1) is 0 Å². The maximum atomic E-state index is 12.7. The number of quaternary nitrogens is 1. The number of carbonyl (C=O) groups excluding carboxylic acids is 3. The van der Waals surface area contributed by atoms with Gasteiger partial charge < -0.3 is 45.3 Å². The SMILES string of the molecule is CCCCCC=CCC=CCCCCCCCCOC(=O)CCOCC(COCCC(=O)OCCCCCCCCC=CCC=CCCCCC)(COCCC(=O)OCCCCCCCC/C=C\C/C=C\CCCCC)[N+](C)(C)C.[Cl-]. The van der Waals surface area contributed by atoms with Crippen LogP contribution in [0.5, 0.6) is 0 Å². The van der Waals surface area contributed by atoms with Crippen molar-refractivity contribution in [2.24, 2.45) is 0 Å². The van der Waals surface area contributed by atoms with Gasteiger partial charge in [0, 0.05) is 0 Å². The second-order valence-electron chi connectivity index (χ2n) is 23.1. The largest absolute Gasteiger partial charge is 1.00 e. The molecule has 81 heavy (non-hydrogen) atoms. The van der Waals surface area contributed by atoms with Crippen molar-refractivity contribution < 1.29 is 59.7 Å². The summed E-state index contributed by atoms with van der Waals surface area (Å²) in [5.74, 6) is -0.795. The quantitative estimate of drug-likeness (QED) is 0.0193. The normalized spacial score (nSPS) is 13.0. The number of hydrogen-bond acceptors (Lipinski definition) is 9. The van der Waals surface area contributed by atoms with Crippen LogP contribution < -0.4 is 12.4 Å². The highest BCUT2D eigenvalue weighted by molar-refractivity contribution is 5.70. The number of carbonyl (C=O) groups is 3. The summed E-state index contributed by atoms with van der Waals surface area (Å²) in [7, 11) is 6.17. The number of rotatable bonds is 61. The van der Waals surface area contributed by atoms with Crippen molar-refractivity contribution >= 4 is 17.9 Å². The number of likely N-dealkylation sites (N-methyl/N-ethyl adjacent to an activating group) is 1. The van der Waals surface area contributed by atoms with Gasteiger partial charge in [0.05, 0.1) is 80.0 Å². The standard InChI is InChI=1S/C70H126NO9.ClH/c1-7-10-13-16-19-22-25-28-31-34-37-40-43-46-49-52-58-78-67(72)55-61-75-64-70(71(4,5)6,65-76-62-56-68(73)79-59-53-50-47-44-41-38-35-32-29-26-23-20-17-14-11-8-2)66-77-63-57-69(74)80-60-54-51-48-45-42-39-36-33-30-27-24-21-18-15-12-9-3;/h19-24,28-33H,7-18,25-27,34-66H2,1-6H3;1H/q+1;/p-1/b22-19-,23-20?,24-21?,31-28-,32-29?,33-30?;. The summed E-state index contributed by atoms with van der Waals surface area (Å²) in [5, 5.41) is 0. The smallest absolute Gasteiger partial charge is 0.308 e. The predicted octanol–water partition coefficient (Wildman–Crippen LogP) is 15.7. The van der Waals surface area contributed by atoms with Crippen molar-refractivity contribution in [2.45, 2.75) is 277 Å². The van der Waals surface area contributed by atoms with Gasteiger partial charge in [-0.05, 0) is 116 Å². The van der Waals surface area contributed by atoms with Crippen molar-refractivity contribution in [1.29, 1.82) is 0 Å². The topological polar surface area (TPSA) is 107 Å². The molecule has 0 N–H and O–H groups in total. The lowest BCUT2D eigenvalue weighted by Crippen LogP contribution is -3.00. The molecule has 0 bridgehead atoms. The number of ether oxygens (including phenoxy) is 6. The Hall–Kier alpha value is -3.02. The lowest BCUT2D eigenvalue weighted by atomic mass is 9.99. The summed E-state index contributed by atoms with van der Waals surface area (Å²) in [6.07, 6.45) is 70.0. The Morgan fingerprint density at radius 3 is 0.765 bits per heavy atom. The van der Waals surface area contributed by atoms with Crippen LogP contribution in [-0.2, 0) is 42.8 Å². The van der Waals surface area contributed by atoms with Crippen LogP contribution in [0.1, 0.15) is 271 Å². The van der Waals surface area contributed by atoms with Gasteiger partial charge in [-0.1, -0.05) is 209 Å². The number of halogens is 1. The van der Waals surface area contributed by atoms with E-state index in [1.807, 2.05) is 0 Å². The van der Waals surface area contributed by atoms with Crippen LogP contribution in [0.4, 0.5) is 0 Å². The van der Waals surface area contributed by atoms with E-state index in [0.29, 0.717) is 24.3 Å². The van der Waals surface area contributed by atoms with Crippen molar-refractivity contribution in [2.75, 3.05) is 80.6 Å². The molecule has 0 aromatic carbocycles. The fourth-order valence-corrected chi connectivity index (χ4v) is 9.00. The summed E-state index contributed by atoms with van der Waals surface area (Å²) in [6.45, 7) is 9.34. The summed E-state index contributed by atoms with van der Waals surface area (Å²) >= 11 is 0. The Bertz CT molecular complexity index is 1400. The molecule has 0 unspecified atom stereocenters. The van der Waals surface area contributed by atoms with Crippen molar-refractivity contribution in [3.63, 3.8) is 0 Å². The molecule has 0 aliphatic carbocycles. The molecule has 0 fully saturated rings. The highest BCUT2D eigenvalue weighted by Gasteiger charge is 2.44. The zero-order valence-corrected chi connectivity index (χ0v) is 54.1. The second-order valence-corrected chi connectivity index (χ2v) is 23.1. The Morgan fingerprint density at radius 2 is 0.531 bits per heavy atom. The van der Waals surface area contributed by atoms with E-state index in [2.05, 4.69) is 115 Å².